The molecule has 0 amide bonds. The van der Waals surface area contributed by atoms with Crippen LogP contribution in [0, 0.1) is 0 Å². The Labute approximate surface area is 198 Å². The highest BCUT2D eigenvalue weighted by Crippen LogP contribution is 2.23. The molecule has 4 rings (SSSR count). The molecule has 0 atom stereocenters. The predicted molar refractivity (Wildman–Crippen MR) is 125 cm³/mol. The molecular formula is C23H20ClN5O5. The highest BCUT2D eigenvalue weighted by Gasteiger charge is 2.16. The first-order valence-corrected chi connectivity index (χ1v) is 10.7. The summed E-state index contributed by atoms with van der Waals surface area (Å²) in [6, 6.07) is 15.3. The van der Waals surface area contributed by atoms with Crippen molar-refractivity contribution in [2.45, 2.75) is 26.4 Å². The SMILES string of the molecule is CCC(=O)Cn1c(=O)nc(Nc2ccc(Oc3ccon3)cc2)n(Cc2ccc(Cl)cc2)c1=O. The molecule has 1 N–H and O–H groups in total. The molecule has 0 aliphatic rings. The fourth-order valence-corrected chi connectivity index (χ4v) is 3.20. The van der Waals surface area contributed by atoms with E-state index in [1.807, 2.05) is 0 Å². The monoisotopic (exact) mass is 481 g/mol. The van der Waals surface area contributed by atoms with Crippen molar-refractivity contribution in [2.24, 2.45) is 0 Å². The van der Waals surface area contributed by atoms with Gasteiger partial charge >= 0.3 is 11.4 Å². The van der Waals surface area contributed by atoms with Crippen LogP contribution in [0.5, 0.6) is 11.6 Å². The maximum Gasteiger partial charge on any atom is 0.355 e. The van der Waals surface area contributed by atoms with Gasteiger partial charge < -0.3 is 14.6 Å². The van der Waals surface area contributed by atoms with Crippen LogP contribution in [0.2, 0.25) is 5.02 Å². The molecular weight excluding hydrogens is 462 g/mol. The van der Waals surface area contributed by atoms with E-state index >= 15 is 0 Å². The molecule has 34 heavy (non-hydrogen) atoms. The van der Waals surface area contributed by atoms with Crippen molar-refractivity contribution in [2.75, 3.05) is 5.32 Å². The van der Waals surface area contributed by atoms with Gasteiger partial charge in [-0.3, -0.25) is 9.36 Å². The van der Waals surface area contributed by atoms with Gasteiger partial charge in [0.1, 0.15) is 12.0 Å². The van der Waals surface area contributed by atoms with Crippen LogP contribution in [-0.4, -0.2) is 25.1 Å². The third-order valence-electron chi connectivity index (χ3n) is 4.88. The van der Waals surface area contributed by atoms with E-state index < -0.39 is 11.4 Å². The highest BCUT2D eigenvalue weighted by molar-refractivity contribution is 6.30. The van der Waals surface area contributed by atoms with Crippen LogP contribution in [-0.2, 0) is 17.9 Å². The number of hydrogen-bond donors (Lipinski definition) is 1. The van der Waals surface area contributed by atoms with Crippen LogP contribution in [0.4, 0.5) is 11.6 Å². The molecule has 11 heteroatoms. The number of anilines is 2. The largest absolute Gasteiger partial charge is 0.436 e. The van der Waals surface area contributed by atoms with Gasteiger partial charge in [0.25, 0.3) is 5.88 Å². The summed E-state index contributed by atoms with van der Waals surface area (Å²) < 4.78 is 12.4. The summed E-state index contributed by atoms with van der Waals surface area (Å²) in [6.45, 7) is 1.44. The molecule has 174 valence electrons. The number of aromatic nitrogens is 4. The number of nitrogens with one attached hydrogen (secondary N) is 1. The Morgan fingerprint density at radius 2 is 1.79 bits per heavy atom. The summed E-state index contributed by atoms with van der Waals surface area (Å²) in [5.74, 6) is 0.613. The number of carbonyl (C=O) groups excluding carboxylic acids is 1. The van der Waals surface area contributed by atoms with E-state index in [0.717, 1.165) is 10.1 Å². The van der Waals surface area contributed by atoms with Gasteiger partial charge in [0, 0.05) is 23.2 Å². The Kier molecular flexibility index (Phi) is 6.88. The van der Waals surface area contributed by atoms with Crippen molar-refractivity contribution in [3.8, 4) is 11.6 Å². The lowest BCUT2D eigenvalue weighted by molar-refractivity contribution is -0.119. The summed E-state index contributed by atoms with van der Waals surface area (Å²) in [5, 5.41) is 7.24. The Morgan fingerprint density at radius 1 is 1.06 bits per heavy atom. The molecule has 2 heterocycles. The fourth-order valence-electron chi connectivity index (χ4n) is 3.07. The van der Waals surface area contributed by atoms with Crippen molar-refractivity contribution < 1.29 is 14.1 Å². The van der Waals surface area contributed by atoms with E-state index in [4.69, 9.17) is 20.9 Å². The van der Waals surface area contributed by atoms with Gasteiger partial charge in [0.2, 0.25) is 5.95 Å². The minimum atomic E-state index is -0.812. The lowest BCUT2D eigenvalue weighted by Crippen LogP contribution is -2.44. The quantitative estimate of drug-likeness (QED) is 0.385. The van der Waals surface area contributed by atoms with E-state index in [1.165, 1.54) is 10.8 Å². The number of ketones is 1. The number of halogens is 1. The van der Waals surface area contributed by atoms with Crippen LogP contribution < -0.4 is 21.4 Å². The molecule has 2 aromatic carbocycles. The fraction of sp³-hybridized carbons (Fsp3) is 0.174. The maximum atomic E-state index is 13.2. The van der Waals surface area contributed by atoms with E-state index in [9.17, 15) is 14.4 Å². The Hall–Kier alpha value is -4.18. The van der Waals surface area contributed by atoms with Crippen molar-refractivity contribution >= 4 is 29.0 Å². The Morgan fingerprint density at radius 3 is 2.44 bits per heavy atom. The number of benzene rings is 2. The molecule has 0 radical (unpaired) electrons. The van der Waals surface area contributed by atoms with Crippen LogP contribution in [0.25, 0.3) is 0 Å². The van der Waals surface area contributed by atoms with Crippen LogP contribution in [0.15, 0.2) is 75.0 Å². The van der Waals surface area contributed by atoms with E-state index in [2.05, 4.69) is 15.5 Å². The minimum Gasteiger partial charge on any atom is -0.436 e. The van der Waals surface area contributed by atoms with Gasteiger partial charge in [0.15, 0.2) is 5.78 Å². The standard InChI is InChI=1S/C23H20ClN5O5/c1-2-18(30)14-29-22(31)26-21(28(23(29)32)13-15-3-5-16(24)6-4-15)25-17-7-9-19(10-8-17)34-20-11-12-33-27-20/h3-12H,2,13-14H2,1H3,(H,25,26,31). The lowest BCUT2D eigenvalue weighted by Gasteiger charge is -2.15. The van der Waals surface area contributed by atoms with E-state index in [0.29, 0.717) is 22.3 Å². The van der Waals surface area contributed by atoms with Crippen molar-refractivity contribution in [1.29, 1.82) is 0 Å². The normalized spacial score (nSPS) is 10.8. The van der Waals surface area contributed by atoms with E-state index in [-0.39, 0.29) is 31.2 Å². The number of hydrogen-bond acceptors (Lipinski definition) is 8. The first-order valence-electron chi connectivity index (χ1n) is 10.4. The Balaban J connectivity index is 1.67. The summed E-state index contributed by atoms with van der Waals surface area (Å²) in [6.07, 6.45) is 1.60. The van der Waals surface area contributed by atoms with Gasteiger partial charge in [-0.1, -0.05) is 30.7 Å². The zero-order valence-electron chi connectivity index (χ0n) is 18.1. The second-order valence-corrected chi connectivity index (χ2v) is 7.72. The lowest BCUT2D eigenvalue weighted by atomic mass is 10.2. The molecule has 0 fully saturated rings. The molecule has 10 nitrogen and oxygen atoms in total. The summed E-state index contributed by atoms with van der Waals surface area (Å²) in [5.41, 5.74) is -0.136. The molecule has 4 aromatic rings. The number of rotatable bonds is 9. The molecule has 0 aliphatic carbocycles. The molecule has 0 saturated heterocycles. The number of Topliss-reactive ketones (excluding diaryl/α,β-unsaturated/α-hetero) is 1. The zero-order chi connectivity index (χ0) is 24.1. The third kappa shape index (κ3) is 5.41. The second kappa shape index (κ2) is 10.2. The molecule has 2 aromatic heterocycles. The topological polar surface area (TPSA) is 121 Å². The number of ether oxygens (including phenoxy) is 1. The van der Waals surface area contributed by atoms with E-state index in [1.54, 1.807) is 61.5 Å². The van der Waals surface area contributed by atoms with Gasteiger partial charge in [-0.25, -0.2) is 14.2 Å². The average molecular weight is 482 g/mol. The van der Waals surface area contributed by atoms with Crippen LogP contribution >= 0.6 is 11.6 Å². The summed E-state index contributed by atoms with van der Waals surface area (Å²) >= 11 is 5.97. The van der Waals surface area contributed by atoms with Gasteiger partial charge in [-0.05, 0) is 47.1 Å². The minimum absolute atomic E-state index is 0.0373. The van der Waals surface area contributed by atoms with Crippen molar-refractivity contribution in [3.63, 3.8) is 0 Å². The van der Waals surface area contributed by atoms with Crippen molar-refractivity contribution in [1.82, 2.24) is 19.3 Å². The zero-order valence-corrected chi connectivity index (χ0v) is 18.9. The molecule has 0 saturated carbocycles. The van der Waals surface area contributed by atoms with Gasteiger partial charge in [-0.15, -0.1) is 0 Å². The molecule has 0 unspecified atom stereocenters. The van der Waals surface area contributed by atoms with Crippen LogP contribution in [0.3, 0.4) is 0 Å². The summed E-state index contributed by atoms with van der Waals surface area (Å²) in [4.78, 5) is 41.7. The van der Waals surface area contributed by atoms with Crippen LogP contribution in [0.1, 0.15) is 18.9 Å². The molecule has 0 aliphatic heterocycles. The average Bonchev–Trinajstić information content (AvgIpc) is 3.34. The first kappa shape index (κ1) is 23.0. The van der Waals surface area contributed by atoms with Gasteiger partial charge in [-0.2, -0.15) is 4.98 Å². The maximum absolute atomic E-state index is 13.2. The third-order valence-corrected chi connectivity index (χ3v) is 5.13. The second-order valence-electron chi connectivity index (χ2n) is 7.28. The number of nitrogens with zero attached hydrogens (tertiary/aromatic N) is 4. The number of carbonyl (C=O) groups is 1. The smallest absolute Gasteiger partial charge is 0.355 e. The summed E-state index contributed by atoms with van der Waals surface area (Å²) in [7, 11) is 0. The molecule has 0 bridgehead atoms. The predicted octanol–water partition coefficient (Wildman–Crippen LogP) is 3.61. The highest BCUT2D eigenvalue weighted by atomic mass is 35.5. The molecule has 0 spiro atoms. The Bertz CT molecular complexity index is 1390. The first-order chi connectivity index (χ1) is 16.4. The van der Waals surface area contributed by atoms with Crippen molar-refractivity contribution in [3.05, 3.63) is 92.4 Å². The van der Waals surface area contributed by atoms with Gasteiger partial charge in [0.05, 0.1) is 13.1 Å².